The quantitative estimate of drug-likeness (QED) is 0.804. The van der Waals surface area contributed by atoms with Crippen molar-refractivity contribution in [3.8, 4) is 0 Å². The van der Waals surface area contributed by atoms with E-state index in [2.05, 4.69) is 14.7 Å². The molecule has 0 radical (unpaired) electrons. The van der Waals surface area contributed by atoms with Crippen molar-refractivity contribution in [2.75, 3.05) is 31.7 Å². The van der Waals surface area contributed by atoms with E-state index in [0.29, 0.717) is 5.92 Å². The second-order valence-electron chi connectivity index (χ2n) is 4.09. The Bertz CT molecular complexity index is 326. The highest BCUT2D eigenvalue weighted by atomic mass is 32.1. The number of anilines is 1. The van der Waals surface area contributed by atoms with Gasteiger partial charge in [0.1, 0.15) is 5.82 Å². The van der Waals surface area contributed by atoms with Crippen LogP contribution in [0, 0.1) is 18.8 Å². The van der Waals surface area contributed by atoms with Crippen LogP contribution < -0.4 is 5.32 Å². The minimum Gasteiger partial charge on any atom is -0.396 e. The Kier molecular flexibility index (Phi) is 4.09. The number of nitrogens with one attached hydrogen (secondary N) is 1. The first-order valence-corrected chi connectivity index (χ1v) is 6.29. The fourth-order valence-electron chi connectivity index (χ4n) is 1.89. The Balaban J connectivity index is 1.82. The van der Waals surface area contributed by atoms with Crippen molar-refractivity contribution < 1.29 is 9.84 Å². The number of aryl methyl sites for hydroxylation is 1. The Morgan fingerprint density at radius 1 is 1.69 bits per heavy atom. The molecular formula is C10H17N3O2S. The molecule has 0 saturated carbocycles. The number of aliphatic hydroxyl groups excluding tert-OH is 1. The van der Waals surface area contributed by atoms with Gasteiger partial charge in [-0.2, -0.15) is 4.37 Å². The minimum absolute atomic E-state index is 0.193. The molecule has 0 amide bonds. The van der Waals surface area contributed by atoms with Crippen LogP contribution in [0.2, 0.25) is 0 Å². The zero-order chi connectivity index (χ0) is 11.4. The molecule has 0 aromatic carbocycles. The second kappa shape index (κ2) is 5.56. The van der Waals surface area contributed by atoms with Crippen LogP contribution >= 0.6 is 11.5 Å². The van der Waals surface area contributed by atoms with E-state index < -0.39 is 0 Å². The summed E-state index contributed by atoms with van der Waals surface area (Å²) in [5.41, 5.74) is 0. The highest BCUT2D eigenvalue weighted by Crippen LogP contribution is 2.22. The molecule has 6 heteroatoms. The summed E-state index contributed by atoms with van der Waals surface area (Å²) in [7, 11) is 0. The summed E-state index contributed by atoms with van der Waals surface area (Å²) in [6, 6.07) is 0. The van der Waals surface area contributed by atoms with Gasteiger partial charge in [-0.05, 0) is 19.3 Å². The summed E-state index contributed by atoms with van der Waals surface area (Å²) < 4.78 is 9.43. The first-order chi connectivity index (χ1) is 7.79. The second-order valence-corrected chi connectivity index (χ2v) is 4.85. The molecule has 0 unspecified atom stereocenters. The van der Waals surface area contributed by atoms with Crippen LogP contribution in [0.1, 0.15) is 12.2 Å². The summed E-state index contributed by atoms with van der Waals surface area (Å²) in [4.78, 5) is 4.23. The SMILES string of the molecule is Cc1nsc(NC[C@H](CO)[C@@H]2CCOC2)n1. The van der Waals surface area contributed by atoms with Crippen molar-refractivity contribution in [1.29, 1.82) is 0 Å². The smallest absolute Gasteiger partial charge is 0.202 e. The van der Waals surface area contributed by atoms with Gasteiger partial charge in [0.05, 0.1) is 0 Å². The number of nitrogens with zero attached hydrogens (tertiary/aromatic N) is 2. The van der Waals surface area contributed by atoms with Gasteiger partial charge in [0, 0.05) is 43.8 Å². The highest BCUT2D eigenvalue weighted by molar-refractivity contribution is 7.09. The van der Waals surface area contributed by atoms with Gasteiger partial charge in [0.25, 0.3) is 0 Å². The maximum absolute atomic E-state index is 9.34. The summed E-state index contributed by atoms with van der Waals surface area (Å²) in [6.07, 6.45) is 1.04. The van der Waals surface area contributed by atoms with Gasteiger partial charge < -0.3 is 15.2 Å². The molecule has 1 aromatic rings. The summed E-state index contributed by atoms with van der Waals surface area (Å²) in [6.45, 7) is 4.38. The number of aromatic nitrogens is 2. The largest absolute Gasteiger partial charge is 0.396 e. The van der Waals surface area contributed by atoms with Crippen LogP contribution in [-0.2, 0) is 4.74 Å². The monoisotopic (exact) mass is 243 g/mol. The maximum Gasteiger partial charge on any atom is 0.202 e. The zero-order valence-electron chi connectivity index (χ0n) is 9.35. The molecule has 0 bridgehead atoms. The van der Waals surface area contributed by atoms with Gasteiger partial charge in [-0.1, -0.05) is 0 Å². The van der Waals surface area contributed by atoms with E-state index in [-0.39, 0.29) is 12.5 Å². The molecule has 0 aliphatic carbocycles. The molecule has 1 aliphatic rings. The van der Waals surface area contributed by atoms with Gasteiger partial charge in [0.15, 0.2) is 0 Å². The molecule has 1 aromatic heterocycles. The number of aliphatic hydroxyl groups is 1. The lowest BCUT2D eigenvalue weighted by Crippen LogP contribution is -2.26. The van der Waals surface area contributed by atoms with E-state index in [0.717, 1.165) is 37.1 Å². The van der Waals surface area contributed by atoms with Crippen molar-refractivity contribution in [2.45, 2.75) is 13.3 Å². The van der Waals surface area contributed by atoms with Crippen molar-refractivity contribution in [1.82, 2.24) is 9.36 Å². The highest BCUT2D eigenvalue weighted by Gasteiger charge is 2.25. The van der Waals surface area contributed by atoms with Gasteiger partial charge in [-0.15, -0.1) is 0 Å². The molecule has 16 heavy (non-hydrogen) atoms. The van der Waals surface area contributed by atoms with Crippen molar-refractivity contribution >= 4 is 16.7 Å². The lowest BCUT2D eigenvalue weighted by Gasteiger charge is -2.19. The van der Waals surface area contributed by atoms with Crippen molar-refractivity contribution in [3.05, 3.63) is 5.82 Å². The summed E-state index contributed by atoms with van der Waals surface area (Å²) in [5.74, 6) is 1.50. The third kappa shape index (κ3) is 2.90. The van der Waals surface area contributed by atoms with E-state index in [9.17, 15) is 5.11 Å². The van der Waals surface area contributed by atoms with Gasteiger partial charge >= 0.3 is 0 Å². The Morgan fingerprint density at radius 3 is 3.12 bits per heavy atom. The average molecular weight is 243 g/mol. The summed E-state index contributed by atoms with van der Waals surface area (Å²) in [5, 5.41) is 13.4. The van der Waals surface area contributed by atoms with Crippen molar-refractivity contribution in [2.24, 2.45) is 11.8 Å². The fraction of sp³-hybridized carbons (Fsp3) is 0.800. The lowest BCUT2D eigenvalue weighted by atomic mass is 9.92. The first-order valence-electron chi connectivity index (χ1n) is 5.52. The standard InChI is InChI=1S/C10H17N3O2S/c1-7-12-10(16-13-7)11-4-9(5-14)8-2-3-15-6-8/h8-9,14H,2-6H2,1H3,(H,11,12,13)/t8-,9-/m1/s1. The predicted molar refractivity (Wildman–Crippen MR) is 62.6 cm³/mol. The molecule has 1 aliphatic heterocycles. The third-order valence-electron chi connectivity index (χ3n) is 2.91. The molecule has 5 nitrogen and oxygen atoms in total. The molecular weight excluding hydrogens is 226 g/mol. The van der Waals surface area contributed by atoms with Crippen LogP contribution in [-0.4, -0.2) is 40.8 Å². The third-order valence-corrected chi connectivity index (χ3v) is 3.67. The average Bonchev–Trinajstić information content (AvgIpc) is 2.91. The molecule has 2 rings (SSSR count). The number of ether oxygens (including phenoxy) is 1. The minimum atomic E-state index is 0.193. The molecule has 0 spiro atoms. The topological polar surface area (TPSA) is 67.3 Å². The number of hydrogen-bond donors (Lipinski definition) is 2. The zero-order valence-corrected chi connectivity index (χ0v) is 10.2. The van der Waals surface area contributed by atoms with Gasteiger partial charge in [-0.3, -0.25) is 0 Å². The van der Waals surface area contributed by atoms with E-state index in [1.807, 2.05) is 6.92 Å². The van der Waals surface area contributed by atoms with E-state index in [1.165, 1.54) is 11.5 Å². The normalized spacial score (nSPS) is 22.2. The molecule has 1 saturated heterocycles. The molecule has 2 N–H and O–H groups in total. The van der Waals surface area contributed by atoms with Crippen LogP contribution in [0.3, 0.4) is 0 Å². The molecule has 2 atom stereocenters. The number of hydrogen-bond acceptors (Lipinski definition) is 6. The van der Waals surface area contributed by atoms with Crippen LogP contribution in [0.4, 0.5) is 5.13 Å². The Labute approximate surface area is 99.0 Å². The van der Waals surface area contributed by atoms with Gasteiger partial charge in [0.2, 0.25) is 5.13 Å². The Hall–Kier alpha value is -0.720. The maximum atomic E-state index is 9.34. The molecule has 90 valence electrons. The first kappa shape index (κ1) is 11.8. The lowest BCUT2D eigenvalue weighted by molar-refractivity contribution is 0.145. The number of rotatable bonds is 5. The van der Waals surface area contributed by atoms with Crippen molar-refractivity contribution in [3.63, 3.8) is 0 Å². The molecule has 2 heterocycles. The summed E-state index contributed by atoms with van der Waals surface area (Å²) >= 11 is 1.36. The van der Waals surface area contributed by atoms with E-state index in [1.54, 1.807) is 0 Å². The van der Waals surface area contributed by atoms with E-state index in [4.69, 9.17) is 4.74 Å². The van der Waals surface area contributed by atoms with Crippen LogP contribution in [0.5, 0.6) is 0 Å². The van der Waals surface area contributed by atoms with Crippen LogP contribution in [0.15, 0.2) is 0 Å². The van der Waals surface area contributed by atoms with Crippen LogP contribution in [0.25, 0.3) is 0 Å². The predicted octanol–water partition coefficient (Wildman–Crippen LogP) is 0.903. The molecule has 1 fully saturated rings. The van der Waals surface area contributed by atoms with E-state index >= 15 is 0 Å². The fourth-order valence-corrected chi connectivity index (χ4v) is 2.47. The van der Waals surface area contributed by atoms with Gasteiger partial charge in [-0.25, -0.2) is 4.98 Å². The Morgan fingerprint density at radius 2 is 2.56 bits per heavy atom.